The highest BCUT2D eigenvalue weighted by atomic mass is 16.6. The molecule has 2 atom stereocenters. The maximum Gasteiger partial charge on any atom is 0.225 e. The van der Waals surface area contributed by atoms with E-state index >= 15 is 0 Å². The number of para-hydroxylation sites is 2. The lowest BCUT2D eigenvalue weighted by Gasteiger charge is -2.32. The Morgan fingerprint density at radius 1 is 1.20 bits per heavy atom. The third-order valence-electron chi connectivity index (χ3n) is 5.89. The fraction of sp³-hybridized carbons (Fsp3) is 0.391. The van der Waals surface area contributed by atoms with Gasteiger partial charge in [-0.15, -0.1) is 0 Å². The zero-order valence-corrected chi connectivity index (χ0v) is 17.1. The first-order valence-electron chi connectivity index (χ1n) is 10.6. The van der Waals surface area contributed by atoms with Crippen LogP contribution in [0.2, 0.25) is 0 Å². The van der Waals surface area contributed by atoms with E-state index in [0.717, 1.165) is 53.4 Å². The van der Waals surface area contributed by atoms with E-state index < -0.39 is 0 Å². The van der Waals surface area contributed by atoms with Crippen LogP contribution in [0, 0.1) is 5.92 Å². The number of hydrogen-bond donors (Lipinski definition) is 2. The summed E-state index contributed by atoms with van der Waals surface area (Å²) in [5.41, 5.74) is 2.98. The standard InChI is InChI=1S/C23H26N4O3/c1-15(16-8-9-20-21(13-16)30-12-11-29-20)24-22(28)17-5-4-10-27(14-17)23-25-18-6-2-3-7-19(18)26-23/h2-3,6-9,13,15,17H,4-5,10-12,14H2,1H3,(H,24,28)(H,25,26). The number of nitrogens with one attached hydrogen (secondary N) is 2. The van der Waals surface area contributed by atoms with Crippen molar-refractivity contribution in [1.82, 2.24) is 15.3 Å². The molecule has 0 spiro atoms. The number of piperidine rings is 1. The van der Waals surface area contributed by atoms with Crippen molar-refractivity contribution < 1.29 is 14.3 Å². The van der Waals surface area contributed by atoms with Gasteiger partial charge in [0.05, 0.1) is 23.0 Å². The summed E-state index contributed by atoms with van der Waals surface area (Å²) in [6.07, 6.45) is 1.85. The summed E-state index contributed by atoms with van der Waals surface area (Å²) >= 11 is 0. The van der Waals surface area contributed by atoms with E-state index in [0.29, 0.717) is 19.8 Å². The third kappa shape index (κ3) is 3.67. The molecule has 0 bridgehead atoms. The van der Waals surface area contributed by atoms with Crippen molar-refractivity contribution in [3.63, 3.8) is 0 Å². The molecule has 3 aromatic rings. The van der Waals surface area contributed by atoms with Crippen LogP contribution in [0.15, 0.2) is 42.5 Å². The number of aromatic amines is 1. The summed E-state index contributed by atoms with van der Waals surface area (Å²) < 4.78 is 11.3. The molecule has 2 aliphatic rings. The van der Waals surface area contributed by atoms with Crippen LogP contribution in [-0.2, 0) is 4.79 Å². The van der Waals surface area contributed by atoms with Gasteiger partial charge < -0.3 is 24.7 Å². The normalized spacial score (nSPS) is 19.5. The molecule has 7 heteroatoms. The quantitative estimate of drug-likeness (QED) is 0.694. The van der Waals surface area contributed by atoms with Crippen LogP contribution in [0.5, 0.6) is 11.5 Å². The van der Waals surface area contributed by atoms with Gasteiger partial charge in [0.25, 0.3) is 0 Å². The van der Waals surface area contributed by atoms with Crippen LogP contribution in [0.25, 0.3) is 11.0 Å². The Morgan fingerprint density at radius 2 is 2.03 bits per heavy atom. The molecule has 1 amide bonds. The van der Waals surface area contributed by atoms with E-state index in [1.807, 2.05) is 49.4 Å². The largest absolute Gasteiger partial charge is 0.486 e. The van der Waals surface area contributed by atoms with Crippen LogP contribution in [0.4, 0.5) is 5.95 Å². The summed E-state index contributed by atoms with van der Waals surface area (Å²) in [6, 6.07) is 13.8. The van der Waals surface area contributed by atoms with Crippen molar-refractivity contribution in [2.24, 2.45) is 5.92 Å². The van der Waals surface area contributed by atoms with Gasteiger partial charge in [0.15, 0.2) is 11.5 Å². The summed E-state index contributed by atoms with van der Waals surface area (Å²) in [4.78, 5) is 23.2. The SMILES string of the molecule is CC(NC(=O)C1CCCN(c2nc3ccccc3[nH]2)C1)c1ccc2c(c1)OCCO2. The lowest BCUT2D eigenvalue weighted by Crippen LogP contribution is -2.44. The van der Waals surface area contributed by atoms with E-state index in [2.05, 4.69) is 15.2 Å². The number of ether oxygens (including phenoxy) is 2. The van der Waals surface area contributed by atoms with Crippen molar-refractivity contribution in [3.05, 3.63) is 48.0 Å². The smallest absolute Gasteiger partial charge is 0.225 e. The third-order valence-corrected chi connectivity index (χ3v) is 5.89. The number of benzene rings is 2. The Morgan fingerprint density at radius 3 is 2.90 bits per heavy atom. The van der Waals surface area contributed by atoms with Crippen molar-refractivity contribution in [2.45, 2.75) is 25.8 Å². The Labute approximate surface area is 175 Å². The number of rotatable bonds is 4. The summed E-state index contributed by atoms with van der Waals surface area (Å²) in [7, 11) is 0. The Balaban J connectivity index is 1.25. The molecule has 0 aliphatic carbocycles. The van der Waals surface area contributed by atoms with Gasteiger partial charge in [-0.2, -0.15) is 0 Å². The molecule has 5 rings (SSSR count). The predicted molar refractivity (Wildman–Crippen MR) is 115 cm³/mol. The minimum Gasteiger partial charge on any atom is -0.486 e. The first-order chi connectivity index (χ1) is 14.7. The molecule has 2 unspecified atom stereocenters. The molecule has 0 radical (unpaired) electrons. The molecule has 30 heavy (non-hydrogen) atoms. The van der Waals surface area contributed by atoms with Gasteiger partial charge in [-0.1, -0.05) is 18.2 Å². The van der Waals surface area contributed by atoms with Gasteiger partial charge in [0, 0.05) is 13.1 Å². The lowest BCUT2D eigenvalue weighted by molar-refractivity contribution is -0.125. The molecule has 2 N–H and O–H groups in total. The maximum atomic E-state index is 13.0. The lowest BCUT2D eigenvalue weighted by atomic mass is 9.96. The molecular formula is C23H26N4O3. The first kappa shape index (κ1) is 18.8. The molecule has 1 fully saturated rings. The second kappa shape index (κ2) is 7.89. The maximum absolute atomic E-state index is 13.0. The van der Waals surface area contributed by atoms with Gasteiger partial charge in [0.2, 0.25) is 11.9 Å². The fourth-order valence-corrected chi connectivity index (χ4v) is 4.22. The second-order valence-corrected chi connectivity index (χ2v) is 8.00. The Kier molecular flexibility index (Phi) is 4.94. The zero-order chi connectivity index (χ0) is 20.5. The molecule has 156 valence electrons. The van der Waals surface area contributed by atoms with Crippen molar-refractivity contribution in [1.29, 1.82) is 0 Å². The topological polar surface area (TPSA) is 79.5 Å². The second-order valence-electron chi connectivity index (χ2n) is 8.00. The van der Waals surface area contributed by atoms with Crippen molar-refractivity contribution in [3.8, 4) is 11.5 Å². The van der Waals surface area contributed by atoms with Crippen LogP contribution >= 0.6 is 0 Å². The van der Waals surface area contributed by atoms with Crippen molar-refractivity contribution in [2.75, 3.05) is 31.2 Å². The number of anilines is 1. The number of carbonyl (C=O) groups is 1. The van der Waals surface area contributed by atoms with Crippen LogP contribution in [-0.4, -0.2) is 42.2 Å². The molecule has 1 aromatic heterocycles. The average molecular weight is 406 g/mol. The van der Waals surface area contributed by atoms with E-state index in [9.17, 15) is 4.79 Å². The Hall–Kier alpha value is -3.22. The number of H-pyrrole nitrogens is 1. The van der Waals surface area contributed by atoms with E-state index in [1.165, 1.54) is 0 Å². The molecule has 0 saturated carbocycles. The van der Waals surface area contributed by atoms with Crippen LogP contribution in [0.3, 0.4) is 0 Å². The highest BCUT2D eigenvalue weighted by molar-refractivity contribution is 5.81. The molecule has 2 aliphatic heterocycles. The number of carbonyl (C=O) groups excluding carboxylic acids is 1. The number of nitrogens with zero attached hydrogens (tertiary/aromatic N) is 2. The minimum absolute atomic E-state index is 0.0633. The monoisotopic (exact) mass is 406 g/mol. The molecule has 7 nitrogen and oxygen atoms in total. The van der Waals surface area contributed by atoms with Gasteiger partial charge >= 0.3 is 0 Å². The van der Waals surface area contributed by atoms with Gasteiger partial charge in [0.1, 0.15) is 13.2 Å². The number of fused-ring (bicyclic) bond motifs is 2. The molecular weight excluding hydrogens is 380 g/mol. The van der Waals surface area contributed by atoms with Gasteiger partial charge in [-0.3, -0.25) is 4.79 Å². The highest BCUT2D eigenvalue weighted by Crippen LogP contribution is 2.33. The van der Waals surface area contributed by atoms with Gasteiger partial charge in [-0.25, -0.2) is 4.98 Å². The van der Waals surface area contributed by atoms with Gasteiger partial charge in [-0.05, 0) is 49.6 Å². The number of imidazole rings is 1. The molecule has 3 heterocycles. The van der Waals surface area contributed by atoms with Crippen LogP contribution < -0.4 is 19.7 Å². The summed E-state index contributed by atoms with van der Waals surface area (Å²) in [5, 5.41) is 3.18. The number of aromatic nitrogens is 2. The minimum atomic E-state index is -0.102. The van der Waals surface area contributed by atoms with Crippen molar-refractivity contribution >= 4 is 22.9 Å². The van der Waals surface area contributed by atoms with Crippen LogP contribution in [0.1, 0.15) is 31.4 Å². The summed E-state index contributed by atoms with van der Waals surface area (Å²) in [5.74, 6) is 2.37. The predicted octanol–water partition coefficient (Wildman–Crippen LogP) is 3.43. The van der Waals surface area contributed by atoms with E-state index in [1.54, 1.807) is 0 Å². The average Bonchev–Trinajstić information content (AvgIpc) is 3.23. The zero-order valence-electron chi connectivity index (χ0n) is 17.1. The highest BCUT2D eigenvalue weighted by Gasteiger charge is 2.28. The van der Waals surface area contributed by atoms with E-state index in [-0.39, 0.29) is 17.9 Å². The molecule has 2 aromatic carbocycles. The summed E-state index contributed by atoms with van der Waals surface area (Å²) in [6.45, 7) is 4.70. The Bertz CT molecular complexity index is 1030. The molecule has 1 saturated heterocycles. The number of amides is 1. The first-order valence-corrected chi connectivity index (χ1v) is 10.6. The van der Waals surface area contributed by atoms with E-state index in [4.69, 9.17) is 14.5 Å². The number of hydrogen-bond acceptors (Lipinski definition) is 5. The fourth-order valence-electron chi connectivity index (χ4n) is 4.22.